The zero-order valence-electron chi connectivity index (χ0n) is 11.6. The first-order chi connectivity index (χ1) is 9.64. The van der Waals surface area contributed by atoms with Crippen molar-refractivity contribution in [3.8, 4) is 0 Å². The number of benzene rings is 1. The van der Waals surface area contributed by atoms with Gasteiger partial charge in [0, 0.05) is 13.6 Å². The topological polar surface area (TPSA) is 59.2 Å². The molecule has 0 aliphatic heterocycles. The number of nitrogens with two attached hydrogens (primary N) is 1. The Labute approximate surface area is 122 Å². The molecule has 1 aromatic heterocycles. The van der Waals surface area contributed by atoms with Crippen LogP contribution in [0.5, 0.6) is 0 Å². The summed E-state index contributed by atoms with van der Waals surface area (Å²) in [5.41, 5.74) is 6.51. The third-order valence-electron chi connectivity index (χ3n) is 4.21. The molecule has 1 fully saturated rings. The summed E-state index contributed by atoms with van der Waals surface area (Å²) >= 11 is 1.65. The Hall–Kier alpha value is -1.46. The molecule has 4 nitrogen and oxygen atoms in total. The fraction of sp³-hybridized carbons (Fsp3) is 0.467. The maximum absolute atomic E-state index is 12.5. The molecular weight excluding hydrogens is 270 g/mol. The van der Waals surface area contributed by atoms with Gasteiger partial charge < -0.3 is 10.6 Å². The molecule has 1 saturated carbocycles. The highest BCUT2D eigenvalue weighted by atomic mass is 32.1. The van der Waals surface area contributed by atoms with Crippen molar-refractivity contribution >= 4 is 27.5 Å². The molecule has 3 rings (SSSR count). The Morgan fingerprint density at radius 1 is 1.45 bits per heavy atom. The lowest BCUT2D eigenvalue weighted by molar-refractivity contribution is -0.145. The zero-order chi connectivity index (χ0) is 14.2. The van der Waals surface area contributed by atoms with Crippen LogP contribution in [0.2, 0.25) is 0 Å². The van der Waals surface area contributed by atoms with Gasteiger partial charge in [-0.25, -0.2) is 4.98 Å². The molecular formula is C15H19N3OS. The number of thiazole rings is 1. The number of fused-ring (bicyclic) bond motifs is 1. The number of rotatable bonds is 4. The summed E-state index contributed by atoms with van der Waals surface area (Å²) in [6.07, 6.45) is 2.96. The molecule has 0 bridgehead atoms. The Morgan fingerprint density at radius 2 is 2.20 bits per heavy atom. The van der Waals surface area contributed by atoms with Gasteiger partial charge >= 0.3 is 0 Å². The van der Waals surface area contributed by atoms with Gasteiger partial charge in [-0.05, 0) is 25.0 Å². The predicted octanol–water partition coefficient (Wildman–Crippen LogP) is 2.38. The molecule has 1 amide bonds. The highest BCUT2D eigenvalue weighted by molar-refractivity contribution is 7.18. The molecule has 106 valence electrons. The maximum atomic E-state index is 12.5. The van der Waals surface area contributed by atoms with E-state index < -0.39 is 0 Å². The second-order valence-electron chi connectivity index (χ2n) is 5.57. The normalized spacial score (nSPS) is 16.9. The fourth-order valence-electron chi connectivity index (χ4n) is 2.78. The Kier molecular flexibility index (Phi) is 3.48. The lowest BCUT2D eigenvalue weighted by Crippen LogP contribution is -2.50. The van der Waals surface area contributed by atoms with Crippen molar-refractivity contribution in [2.24, 2.45) is 11.1 Å². The monoisotopic (exact) mass is 289 g/mol. The number of carbonyl (C=O) groups is 1. The van der Waals surface area contributed by atoms with Crippen molar-refractivity contribution in [3.05, 3.63) is 29.3 Å². The van der Waals surface area contributed by atoms with Crippen LogP contribution in [0, 0.1) is 5.41 Å². The quantitative estimate of drug-likeness (QED) is 0.940. The minimum absolute atomic E-state index is 0.172. The van der Waals surface area contributed by atoms with E-state index in [1.165, 1.54) is 4.70 Å². The van der Waals surface area contributed by atoms with E-state index in [1.807, 2.05) is 25.2 Å². The SMILES string of the molecule is CN(Cc1nc2ccccc2s1)C(=O)C1(CN)CCC1. The average molecular weight is 289 g/mol. The van der Waals surface area contributed by atoms with Crippen LogP contribution in [0.3, 0.4) is 0 Å². The number of hydrogen-bond donors (Lipinski definition) is 1. The average Bonchev–Trinajstić information content (AvgIpc) is 2.80. The van der Waals surface area contributed by atoms with Crippen molar-refractivity contribution in [1.29, 1.82) is 0 Å². The third-order valence-corrected chi connectivity index (χ3v) is 5.23. The Bertz CT molecular complexity index is 594. The second-order valence-corrected chi connectivity index (χ2v) is 6.69. The van der Waals surface area contributed by atoms with Crippen LogP contribution in [0.25, 0.3) is 10.2 Å². The van der Waals surface area contributed by atoms with Crippen molar-refractivity contribution in [1.82, 2.24) is 9.88 Å². The van der Waals surface area contributed by atoms with E-state index in [2.05, 4.69) is 11.1 Å². The molecule has 5 heteroatoms. The van der Waals surface area contributed by atoms with Crippen LogP contribution in [-0.4, -0.2) is 29.4 Å². The first-order valence-electron chi connectivity index (χ1n) is 6.95. The molecule has 2 aromatic rings. The number of amides is 1. The number of para-hydroxylation sites is 1. The van der Waals surface area contributed by atoms with E-state index >= 15 is 0 Å². The van der Waals surface area contributed by atoms with E-state index in [0.29, 0.717) is 13.1 Å². The maximum Gasteiger partial charge on any atom is 0.230 e. The predicted molar refractivity (Wildman–Crippen MR) is 81.4 cm³/mol. The van der Waals surface area contributed by atoms with E-state index in [4.69, 9.17) is 5.73 Å². The largest absolute Gasteiger partial charge is 0.338 e. The molecule has 1 aliphatic carbocycles. The highest BCUT2D eigenvalue weighted by Gasteiger charge is 2.44. The Morgan fingerprint density at radius 3 is 2.80 bits per heavy atom. The van der Waals surface area contributed by atoms with Crippen molar-refractivity contribution in [2.75, 3.05) is 13.6 Å². The summed E-state index contributed by atoms with van der Waals surface area (Å²) in [4.78, 5) is 18.9. The summed E-state index contributed by atoms with van der Waals surface area (Å²) in [6, 6.07) is 8.06. The van der Waals surface area contributed by atoms with Gasteiger partial charge in [0.2, 0.25) is 5.91 Å². The van der Waals surface area contributed by atoms with E-state index in [0.717, 1.165) is 29.8 Å². The smallest absolute Gasteiger partial charge is 0.230 e. The van der Waals surface area contributed by atoms with Crippen LogP contribution in [0.4, 0.5) is 0 Å². The van der Waals surface area contributed by atoms with Crippen molar-refractivity contribution in [3.63, 3.8) is 0 Å². The minimum atomic E-state index is -0.300. The lowest BCUT2D eigenvalue weighted by atomic mass is 9.68. The van der Waals surface area contributed by atoms with E-state index in [-0.39, 0.29) is 11.3 Å². The summed E-state index contributed by atoms with van der Waals surface area (Å²) in [5.74, 6) is 0.172. The van der Waals surface area contributed by atoms with E-state index in [1.54, 1.807) is 16.2 Å². The molecule has 0 spiro atoms. The van der Waals surface area contributed by atoms with Gasteiger partial charge in [-0.3, -0.25) is 4.79 Å². The van der Waals surface area contributed by atoms with Gasteiger partial charge in [0.1, 0.15) is 5.01 Å². The highest BCUT2D eigenvalue weighted by Crippen LogP contribution is 2.41. The number of carbonyl (C=O) groups excluding carboxylic acids is 1. The Balaban J connectivity index is 1.75. The molecule has 0 saturated heterocycles. The van der Waals surface area contributed by atoms with Gasteiger partial charge in [0.25, 0.3) is 0 Å². The molecule has 1 aliphatic rings. The summed E-state index contributed by atoms with van der Waals surface area (Å²) < 4.78 is 1.17. The minimum Gasteiger partial charge on any atom is -0.338 e. The molecule has 0 unspecified atom stereocenters. The first-order valence-corrected chi connectivity index (χ1v) is 7.76. The van der Waals surface area contributed by atoms with Gasteiger partial charge in [-0.15, -0.1) is 11.3 Å². The molecule has 20 heavy (non-hydrogen) atoms. The van der Waals surface area contributed by atoms with Gasteiger partial charge in [0.05, 0.1) is 22.2 Å². The van der Waals surface area contributed by atoms with Crippen LogP contribution in [0.15, 0.2) is 24.3 Å². The summed E-state index contributed by atoms with van der Waals surface area (Å²) in [7, 11) is 1.85. The van der Waals surface area contributed by atoms with Crippen LogP contribution >= 0.6 is 11.3 Å². The summed E-state index contributed by atoms with van der Waals surface area (Å²) in [5, 5.41) is 0.980. The standard InChI is InChI=1S/C15H19N3OS/c1-18(14(19)15(10-16)7-4-8-15)9-13-17-11-5-2-3-6-12(11)20-13/h2-3,5-6H,4,7-10,16H2,1H3. The third kappa shape index (κ3) is 2.21. The van der Waals surface area contributed by atoms with Crippen LogP contribution < -0.4 is 5.73 Å². The van der Waals surface area contributed by atoms with Gasteiger partial charge in [-0.2, -0.15) is 0 Å². The van der Waals surface area contributed by atoms with Gasteiger partial charge in [0.15, 0.2) is 0 Å². The van der Waals surface area contributed by atoms with Crippen molar-refractivity contribution < 1.29 is 4.79 Å². The number of aromatic nitrogens is 1. The second kappa shape index (κ2) is 5.14. The van der Waals surface area contributed by atoms with E-state index in [9.17, 15) is 4.79 Å². The molecule has 0 radical (unpaired) electrons. The molecule has 1 heterocycles. The lowest BCUT2D eigenvalue weighted by Gasteiger charge is -2.41. The van der Waals surface area contributed by atoms with Crippen LogP contribution in [0.1, 0.15) is 24.3 Å². The van der Waals surface area contributed by atoms with Gasteiger partial charge in [-0.1, -0.05) is 18.6 Å². The molecule has 1 aromatic carbocycles. The van der Waals surface area contributed by atoms with Crippen LogP contribution in [-0.2, 0) is 11.3 Å². The molecule has 2 N–H and O–H groups in total. The first kappa shape index (κ1) is 13.5. The fourth-order valence-corrected chi connectivity index (χ4v) is 3.80. The summed E-state index contributed by atoms with van der Waals surface area (Å²) in [6.45, 7) is 1.02. The van der Waals surface area contributed by atoms with Crippen molar-refractivity contribution in [2.45, 2.75) is 25.8 Å². The zero-order valence-corrected chi connectivity index (χ0v) is 12.4. The number of nitrogens with zero attached hydrogens (tertiary/aromatic N) is 2. The number of hydrogen-bond acceptors (Lipinski definition) is 4. The molecule has 0 atom stereocenters.